The molecule has 1 aromatic carbocycles. The van der Waals surface area contributed by atoms with Crippen LogP contribution in [0.3, 0.4) is 0 Å². The van der Waals surface area contributed by atoms with E-state index in [1.165, 1.54) is 5.56 Å². The predicted molar refractivity (Wildman–Crippen MR) is 66.8 cm³/mol. The van der Waals surface area contributed by atoms with Gasteiger partial charge >= 0.3 is 6.09 Å². The van der Waals surface area contributed by atoms with Crippen LogP contribution in [0.2, 0.25) is 0 Å². The standard InChI is InChI=1S/C15H15NO2/c17-15-16-13(9-4-2-1-3-5-9)12-10-6-7-11(8-10)14(12)18-15/h1-7,10-14H,8H2,(H,16,17)/t10-,11+,12-,13+,14-/m1/s1. The number of alkyl carbamates (subject to hydrolysis) is 1. The average Bonchev–Trinajstić information content (AvgIpc) is 3.00. The van der Waals surface area contributed by atoms with Gasteiger partial charge in [-0.3, -0.25) is 0 Å². The number of carbonyl (C=O) groups is 1. The number of hydrogen-bond donors (Lipinski definition) is 1. The second kappa shape index (κ2) is 3.61. The van der Waals surface area contributed by atoms with Crippen molar-refractivity contribution < 1.29 is 9.53 Å². The molecule has 18 heavy (non-hydrogen) atoms. The second-order valence-electron chi connectivity index (χ2n) is 5.43. The number of ether oxygens (including phenoxy) is 1. The molecule has 1 N–H and O–H groups in total. The van der Waals surface area contributed by atoms with Gasteiger partial charge < -0.3 is 10.1 Å². The maximum atomic E-state index is 11.7. The summed E-state index contributed by atoms with van der Waals surface area (Å²) in [5.41, 5.74) is 1.19. The Balaban J connectivity index is 1.74. The van der Waals surface area contributed by atoms with Crippen molar-refractivity contribution in [1.82, 2.24) is 5.32 Å². The molecule has 3 heteroatoms. The van der Waals surface area contributed by atoms with Crippen molar-refractivity contribution in [3.05, 3.63) is 48.0 Å². The van der Waals surface area contributed by atoms with Crippen molar-refractivity contribution in [2.24, 2.45) is 17.8 Å². The topological polar surface area (TPSA) is 38.3 Å². The third kappa shape index (κ3) is 1.33. The fourth-order valence-electron chi connectivity index (χ4n) is 3.76. The Hall–Kier alpha value is -1.77. The van der Waals surface area contributed by atoms with Crippen LogP contribution in [0, 0.1) is 17.8 Å². The summed E-state index contributed by atoms with van der Waals surface area (Å²) in [5.74, 6) is 1.36. The van der Waals surface area contributed by atoms with Gasteiger partial charge in [-0.15, -0.1) is 0 Å². The second-order valence-corrected chi connectivity index (χ2v) is 5.43. The van der Waals surface area contributed by atoms with Crippen LogP contribution in [0.5, 0.6) is 0 Å². The highest BCUT2D eigenvalue weighted by Gasteiger charge is 2.53. The Morgan fingerprint density at radius 2 is 1.89 bits per heavy atom. The summed E-state index contributed by atoms with van der Waals surface area (Å²) in [5, 5.41) is 2.99. The van der Waals surface area contributed by atoms with Crippen molar-refractivity contribution >= 4 is 6.09 Å². The van der Waals surface area contributed by atoms with Crippen molar-refractivity contribution in [2.45, 2.75) is 18.6 Å². The number of amides is 1. The molecule has 2 bridgehead atoms. The van der Waals surface area contributed by atoms with Gasteiger partial charge in [0.05, 0.1) is 6.04 Å². The lowest BCUT2D eigenvalue weighted by molar-refractivity contribution is 0.00910. The van der Waals surface area contributed by atoms with E-state index in [-0.39, 0.29) is 18.2 Å². The lowest BCUT2D eigenvalue weighted by Gasteiger charge is -2.39. The molecular weight excluding hydrogens is 226 g/mol. The first-order chi connectivity index (χ1) is 8.83. The minimum Gasteiger partial charge on any atom is -0.445 e. The molecule has 0 aromatic heterocycles. The lowest BCUT2D eigenvalue weighted by atomic mass is 9.80. The zero-order valence-electron chi connectivity index (χ0n) is 9.95. The number of hydrogen-bond acceptors (Lipinski definition) is 2. The van der Waals surface area contributed by atoms with Crippen LogP contribution in [0.25, 0.3) is 0 Å². The highest BCUT2D eigenvalue weighted by atomic mass is 16.6. The van der Waals surface area contributed by atoms with Gasteiger partial charge in [-0.1, -0.05) is 42.5 Å². The van der Waals surface area contributed by atoms with Crippen LogP contribution in [0.4, 0.5) is 4.79 Å². The number of benzene rings is 1. The number of rotatable bonds is 1. The first-order valence-corrected chi connectivity index (χ1v) is 6.53. The highest BCUT2D eigenvalue weighted by molar-refractivity contribution is 5.69. The monoisotopic (exact) mass is 241 g/mol. The zero-order valence-corrected chi connectivity index (χ0v) is 9.95. The fourth-order valence-corrected chi connectivity index (χ4v) is 3.76. The van der Waals surface area contributed by atoms with E-state index in [0.717, 1.165) is 6.42 Å². The zero-order chi connectivity index (χ0) is 12.1. The minimum atomic E-state index is -0.272. The van der Waals surface area contributed by atoms with E-state index in [0.29, 0.717) is 17.8 Å². The molecule has 0 radical (unpaired) electrons. The van der Waals surface area contributed by atoms with Gasteiger partial charge in [0.2, 0.25) is 0 Å². The molecule has 92 valence electrons. The maximum Gasteiger partial charge on any atom is 0.407 e. The molecule has 1 saturated carbocycles. The molecule has 2 fully saturated rings. The van der Waals surface area contributed by atoms with Gasteiger partial charge in [0.1, 0.15) is 6.10 Å². The summed E-state index contributed by atoms with van der Waals surface area (Å²) < 4.78 is 5.49. The molecule has 0 spiro atoms. The van der Waals surface area contributed by atoms with Crippen LogP contribution < -0.4 is 5.32 Å². The van der Waals surface area contributed by atoms with E-state index < -0.39 is 0 Å². The lowest BCUT2D eigenvalue weighted by Crippen LogP contribution is -2.49. The summed E-state index contributed by atoms with van der Waals surface area (Å²) in [6.07, 6.45) is 5.44. The van der Waals surface area contributed by atoms with Gasteiger partial charge in [-0.05, 0) is 17.9 Å². The Kier molecular flexibility index (Phi) is 2.04. The van der Waals surface area contributed by atoms with Crippen molar-refractivity contribution in [2.75, 3.05) is 0 Å². The van der Waals surface area contributed by atoms with Gasteiger partial charge in [0.15, 0.2) is 0 Å². The fraction of sp³-hybridized carbons (Fsp3) is 0.400. The largest absolute Gasteiger partial charge is 0.445 e. The van der Waals surface area contributed by atoms with E-state index in [2.05, 4.69) is 29.6 Å². The third-order valence-corrected chi connectivity index (χ3v) is 4.51. The molecule has 3 aliphatic rings. The molecule has 1 amide bonds. The van der Waals surface area contributed by atoms with Crippen LogP contribution in [0.1, 0.15) is 18.0 Å². The molecule has 2 aliphatic carbocycles. The predicted octanol–water partition coefficient (Wildman–Crippen LogP) is 2.66. The Morgan fingerprint density at radius 1 is 1.11 bits per heavy atom. The van der Waals surface area contributed by atoms with Gasteiger partial charge in [-0.25, -0.2) is 4.79 Å². The van der Waals surface area contributed by atoms with Crippen LogP contribution in [-0.2, 0) is 4.74 Å². The van der Waals surface area contributed by atoms with E-state index in [1.54, 1.807) is 0 Å². The summed E-state index contributed by atoms with van der Waals surface area (Å²) >= 11 is 0. The van der Waals surface area contributed by atoms with E-state index in [4.69, 9.17) is 4.74 Å². The molecule has 4 rings (SSSR count). The van der Waals surface area contributed by atoms with Crippen molar-refractivity contribution in [3.63, 3.8) is 0 Å². The van der Waals surface area contributed by atoms with E-state index in [9.17, 15) is 4.79 Å². The molecule has 3 nitrogen and oxygen atoms in total. The quantitative estimate of drug-likeness (QED) is 0.768. The van der Waals surface area contributed by atoms with E-state index in [1.807, 2.05) is 18.2 Å². The number of fused-ring (bicyclic) bond motifs is 5. The summed E-state index contributed by atoms with van der Waals surface area (Å²) in [4.78, 5) is 11.7. The highest BCUT2D eigenvalue weighted by Crippen LogP contribution is 2.51. The number of nitrogens with one attached hydrogen (secondary N) is 1. The number of allylic oxidation sites excluding steroid dienone is 1. The average molecular weight is 241 g/mol. The summed E-state index contributed by atoms with van der Waals surface area (Å²) in [7, 11) is 0. The summed E-state index contributed by atoms with van der Waals surface area (Å²) in [6, 6.07) is 10.3. The Labute approximate surface area is 106 Å². The van der Waals surface area contributed by atoms with Crippen molar-refractivity contribution in [1.29, 1.82) is 0 Å². The minimum absolute atomic E-state index is 0.0685. The smallest absolute Gasteiger partial charge is 0.407 e. The molecule has 0 unspecified atom stereocenters. The molecule has 5 atom stereocenters. The van der Waals surface area contributed by atoms with E-state index >= 15 is 0 Å². The third-order valence-electron chi connectivity index (χ3n) is 4.51. The first kappa shape index (κ1) is 10.2. The maximum absolute atomic E-state index is 11.7. The SMILES string of the molecule is O=C1N[C@@H](c2ccccc2)[C@@H]2[C@H](O1)[C@H]1C=C[C@@H]2C1. The molecule has 1 saturated heterocycles. The van der Waals surface area contributed by atoms with Crippen LogP contribution in [-0.4, -0.2) is 12.2 Å². The Morgan fingerprint density at radius 3 is 2.72 bits per heavy atom. The molecule has 1 aliphatic heterocycles. The molecule has 1 aromatic rings. The molecule has 1 heterocycles. The van der Waals surface area contributed by atoms with Crippen molar-refractivity contribution in [3.8, 4) is 0 Å². The normalized spacial score (nSPS) is 40.2. The van der Waals surface area contributed by atoms with Crippen LogP contribution >= 0.6 is 0 Å². The Bertz CT molecular complexity index is 510. The molecular formula is C15H15NO2. The van der Waals surface area contributed by atoms with Gasteiger partial charge in [-0.2, -0.15) is 0 Å². The van der Waals surface area contributed by atoms with Gasteiger partial charge in [0.25, 0.3) is 0 Å². The first-order valence-electron chi connectivity index (χ1n) is 6.53. The number of carbonyl (C=O) groups excluding carboxylic acids is 1. The van der Waals surface area contributed by atoms with Gasteiger partial charge in [0, 0.05) is 11.8 Å². The van der Waals surface area contributed by atoms with Crippen LogP contribution in [0.15, 0.2) is 42.5 Å². The summed E-state index contributed by atoms with van der Waals surface area (Å²) in [6.45, 7) is 0.